The molecule has 0 saturated carbocycles. The van der Waals surface area contributed by atoms with Gasteiger partial charge in [0.2, 0.25) is 0 Å². The molecule has 0 radical (unpaired) electrons. The summed E-state index contributed by atoms with van der Waals surface area (Å²) in [5.74, 6) is 4.67. The number of nitrogens with zero attached hydrogens (tertiary/aromatic N) is 1. The molecular weight excluding hydrogens is 132 g/mol. The molecule has 0 aromatic rings. The van der Waals surface area contributed by atoms with Crippen LogP contribution in [0.2, 0.25) is 0 Å². The Kier molecular flexibility index (Phi) is 4.88. The van der Waals surface area contributed by atoms with Crippen LogP contribution >= 0.6 is 0 Å². The molecule has 0 unspecified atom stereocenters. The number of hydrogen-bond donors (Lipinski definition) is 1. The predicted molar refractivity (Wildman–Crippen MR) is 38.1 cm³/mol. The first-order valence-corrected chi connectivity index (χ1v) is 3.35. The lowest BCUT2D eigenvalue weighted by atomic mass is 10.5. The van der Waals surface area contributed by atoms with Crippen molar-refractivity contribution in [2.45, 2.75) is 13.8 Å². The van der Waals surface area contributed by atoms with Gasteiger partial charge >= 0.3 is 0 Å². The van der Waals surface area contributed by atoms with Gasteiger partial charge in [-0.3, -0.25) is 9.63 Å². The molecule has 0 bridgehead atoms. The molecule has 1 amide bonds. The highest BCUT2D eigenvalue weighted by Crippen LogP contribution is 1.87. The number of nitrogens with two attached hydrogens (primary N) is 1. The van der Waals surface area contributed by atoms with E-state index in [0.717, 1.165) is 0 Å². The summed E-state index contributed by atoms with van der Waals surface area (Å²) in [5.41, 5.74) is 0. The summed E-state index contributed by atoms with van der Waals surface area (Å²) >= 11 is 0. The van der Waals surface area contributed by atoms with Gasteiger partial charge in [0.15, 0.2) is 0 Å². The van der Waals surface area contributed by atoms with Crippen LogP contribution in [0, 0.1) is 0 Å². The van der Waals surface area contributed by atoms with Crippen LogP contribution in [-0.2, 0) is 9.63 Å². The molecule has 0 heterocycles. The van der Waals surface area contributed by atoms with Gasteiger partial charge in [0.25, 0.3) is 5.91 Å². The van der Waals surface area contributed by atoms with E-state index in [-0.39, 0.29) is 12.5 Å². The van der Waals surface area contributed by atoms with Crippen LogP contribution < -0.4 is 5.90 Å². The average molecular weight is 146 g/mol. The lowest BCUT2D eigenvalue weighted by Crippen LogP contribution is -2.34. The minimum Gasteiger partial charge on any atom is -0.341 e. The Morgan fingerprint density at radius 2 is 2.00 bits per heavy atom. The van der Waals surface area contributed by atoms with Gasteiger partial charge in [-0.05, 0) is 13.8 Å². The number of carbonyl (C=O) groups is 1. The average Bonchev–Trinajstić information content (AvgIpc) is 1.91. The largest absolute Gasteiger partial charge is 0.341 e. The van der Waals surface area contributed by atoms with E-state index in [0.29, 0.717) is 13.1 Å². The first-order chi connectivity index (χ1) is 4.76. The first kappa shape index (κ1) is 9.39. The highest BCUT2D eigenvalue weighted by Gasteiger charge is 2.07. The van der Waals surface area contributed by atoms with Gasteiger partial charge in [-0.1, -0.05) is 0 Å². The fourth-order valence-corrected chi connectivity index (χ4v) is 0.739. The van der Waals surface area contributed by atoms with E-state index in [1.54, 1.807) is 4.90 Å². The van der Waals surface area contributed by atoms with Crippen LogP contribution in [0.4, 0.5) is 0 Å². The lowest BCUT2D eigenvalue weighted by Gasteiger charge is -2.17. The molecule has 0 saturated heterocycles. The topological polar surface area (TPSA) is 55.6 Å². The Morgan fingerprint density at radius 1 is 1.50 bits per heavy atom. The molecule has 0 aliphatic heterocycles. The van der Waals surface area contributed by atoms with Crippen molar-refractivity contribution < 1.29 is 9.63 Å². The Hall–Kier alpha value is -0.610. The van der Waals surface area contributed by atoms with E-state index >= 15 is 0 Å². The molecule has 2 N–H and O–H groups in total. The third-order valence-electron chi connectivity index (χ3n) is 1.32. The zero-order chi connectivity index (χ0) is 7.98. The van der Waals surface area contributed by atoms with Gasteiger partial charge in [-0.2, -0.15) is 0 Å². The maximum absolute atomic E-state index is 10.9. The summed E-state index contributed by atoms with van der Waals surface area (Å²) in [6.45, 7) is 5.22. The summed E-state index contributed by atoms with van der Waals surface area (Å²) in [6, 6.07) is 0. The van der Waals surface area contributed by atoms with Crippen molar-refractivity contribution in [1.29, 1.82) is 0 Å². The zero-order valence-corrected chi connectivity index (χ0v) is 6.46. The second-order valence-electron chi connectivity index (χ2n) is 1.88. The van der Waals surface area contributed by atoms with Crippen molar-refractivity contribution in [2.75, 3.05) is 19.7 Å². The maximum atomic E-state index is 10.9. The number of rotatable bonds is 4. The first-order valence-electron chi connectivity index (χ1n) is 3.35. The van der Waals surface area contributed by atoms with E-state index in [9.17, 15) is 4.79 Å². The van der Waals surface area contributed by atoms with Crippen LogP contribution in [-0.4, -0.2) is 30.5 Å². The second-order valence-corrected chi connectivity index (χ2v) is 1.88. The van der Waals surface area contributed by atoms with Gasteiger partial charge in [0.05, 0.1) is 0 Å². The summed E-state index contributed by atoms with van der Waals surface area (Å²) in [7, 11) is 0. The Bertz CT molecular complexity index is 102. The molecule has 4 heteroatoms. The van der Waals surface area contributed by atoms with Gasteiger partial charge in [0, 0.05) is 13.1 Å². The van der Waals surface area contributed by atoms with Crippen LogP contribution in [0.5, 0.6) is 0 Å². The monoisotopic (exact) mass is 146 g/mol. The summed E-state index contributed by atoms with van der Waals surface area (Å²) in [6.07, 6.45) is 0. The predicted octanol–water partition coefficient (Wildman–Crippen LogP) is -0.255. The van der Waals surface area contributed by atoms with Crippen molar-refractivity contribution in [3.63, 3.8) is 0 Å². The SMILES string of the molecule is CCN(CC)C(=O)CON. The number of carbonyl (C=O) groups excluding carboxylic acids is 1. The molecule has 0 aromatic heterocycles. The fraction of sp³-hybridized carbons (Fsp3) is 0.833. The molecular formula is C6H14N2O2. The van der Waals surface area contributed by atoms with Crippen LogP contribution in [0.15, 0.2) is 0 Å². The van der Waals surface area contributed by atoms with Crippen molar-refractivity contribution in [3.05, 3.63) is 0 Å². The number of hydrogen-bond acceptors (Lipinski definition) is 3. The van der Waals surface area contributed by atoms with Gasteiger partial charge < -0.3 is 4.90 Å². The van der Waals surface area contributed by atoms with E-state index in [4.69, 9.17) is 5.90 Å². The molecule has 0 atom stereocenters. The van der Waals surface area contributed by atoms with Gasteiger partial charge in [-0.25, -0.2) is 5.90 Å². The molecule has 60 valence electrons. The minimum absolute atomic E-state index is 0.0261. The van der Waals surface area contributed by atoms with Crippen LogP contribution in [0.3, 0.4) is 0 Å². The highest BCUT2D eigenvalue weighted by molar-refractivity contribution is 5.77. The Labute approximate surface area is 60.9 Å². The molecule has 4 nitrogen and oxygen atoms in total. The Balaban J connectivity index is 3.65. The molecule has 10 heavy (non-hydrogen) atoms. The molecule has 0 aliphatic rings. The van der Waals surface area contributed by atoms with Crippen LogP contribution in [0.1, 0.15) is 13.8 Å². The summed E-state index contributed by atoms with van der Waals surface area (Å²) in [5, 5.41) is 0. The molecule has 0 rings (SSSR count). The normalized spacial score (nSPS) is 9.50. The quantitative estimate of drug-likeness (QED) is 0.556. The van der Waals surface area contributed by atoms with E-state index in [1.165, 1.54) is 0 Å². The van der Waals surface area contributed by atoms with Gasteiger partial charge in [0.1, 0.15) is 6.61 Å². The van der Waals surface area contributed by atoms with Crippen molar-refractivity contribution in [2.24, 2.45) is 5.90 Å². The van der Waals surface area contributed by atoms with E-state index in [1.807, 2.05) is 13.8 Å². The number of likely N-dealkylation sites (N-methyl/N-ethyl adjacent to an activating group) is 1. The lowest BCUT2D eigenvalue weighted by molar-refractivity contribution is -0.135. The molecule has 0 spiro atoms. The summed E-state index contributed by atoms with van der Waals surface area (Å²) in [4.78, 5) is 16.8. The van der Waals surface area contributed by atoms with E-state index < -0.39 is 0 Å². The zero-order valence-electron chi connectivity index (χ0n) is 6.46. The highest BCUT2D eigenvalue weighted by atomic mass is 16.6. The van der Waals surface area contributed by atoms with Crippen molar-refractivity contribution in [3.8, 4) is 0 Å². The molecule has 0 fully saturated rings. The summed E-state index contributed by atoms with van der Waals surface area (Å²) < 4.78 is 0. The minimum atomic E-state index is -0.0625. The smallest absolute Gasteiger partial charge is 0.250 e. The Morgan fingerprint density at radius 3 is 2.30 bits per heavy atom. The number of amides is 1. The maximum Gasteiger partial charge on any atom is 0.250 e. The second kappa shape index (κ2) is 5.20. The van der Waals surface area contributed by atoms with Crippen molar-refractivity contribution in [1.82, 2.24) is 4.90 Å². The molecule has 0 aromatic carbocycles. The molecule has 0 aliphatic carbocycles. The fourth-order valence-electron chi connectivity index (χ4n) is 0.739. The standard InChI is InChI=1S/C6H14N2O2/c1-3-8(4-2)6(9)5-10-7/h3-5,7H2,1-2H3. The van der Waals surface area contributed by atoms with E-state index in [2.05, 4.69) is 4.84 Å². The van der Waals surface area contributed by atoms with Gasteiger partial charge in [-0.15, -0.1) is 0 Å². The third kappa shape index (κ3) is 2.80. The van der Waals surface area contributed by atoms with Crippen LogP contribution in [0.25, 0.3) is 0 Å². The third-order valence-corrected chi connectivity index (χ3v) is 1.32. The van der Waals surface area contributed by atoms with Crippen molar-refractivity contribution >= 4 is 5.91 Å².